The smallest absolute Gasteiger partial charge is 0.416 e. The van der Waals surface area contributed by atoms with E-state index in [1.165, 1.54) is 28.5 Å². The molecule has 1 aliphatic rings. The Labute approximate surface area is 219 Å². The molecule has 1 heterocycles. The second kappa shape index (κ2) is 10.5. The number of carbonyl (C=O) groups is 1. The first-order chi connectivity index (χ1) is 18.2. The standard InChI is InChI=1S/C31H29F3N2O2/c1-20(27-8-4-6-21-5-2-3-7-29(21)27)35-25-15-16-36(19-25)26-13-14-28(23(17-26)18-30(37)38)22-9-11-24(12-10-22)31(32,33)34/h2-14,17,20,25,35H,15-16,18-19H2,1H3,(H,37,38)/t20-,25+/m1/s1. The van der Waals surface area contributed by atoms with E-state index in [2.05, 4.69) is 53.5 Å². The summed E-state index contributed by atoms with van der Waals surface area (Å²) in [5.74, 6) is -0.986. The Morgan fingerprint density at radius 3 is 2.50 bits per heavy atom. The SMILES string of the molecule is C[C@@H](N[C@H]1CCN(c2ccc(-c3ccc(C(F)(F)F)cc3)c(CC(=O)O)c2)C1)c1cccc2ccccc12. The molecule has 1 fully saturated rings. The lowest BCUT2D eigenvalue weighted by Gasteiger charge is -2.23. The number of rotatable bonds is 7. The summed E-state index contributed by atoms with van der Waals surface area (Å²) in [5.41, 5.74) is 3.21. The third-order valence-electron chi connectivity index (χ3n) is 7.28. The minimum absolute atomic E-state index is 0.163. The number of carboxylic acid groups (broad SMARTS) is 1. The molecule has 0 radical (unpaired) electrons. The summed E-state index contributed by atoms with van der Waals surface area (Å²) in [6.07, 6.45) is -3.68. The van der Waals surface area contributed by atoms with Crippen LogP contribution in [-0.4, -0.2) is 30.2 Å². The van der Waals surface area contributed by atoms with E-state index in [4.69, 9.17) is 0 Å². The Bertz CT molecular complexity index is 1440. The molecule has 1 saturated heterocycles. The monoisotopic (exact) mass is 518 g/mol. The van der Waals surface area contributed by atoms with E-state index in [0.717, 1.165) is 37.3 Å². The van der Waals surface area contributed by atoms with Crippen LogP contribution in [-0.2, 0) is 17.4 Å². The fourth-order valence-electron chi connectivity index (χ4n) is 5.41. The maximum absolute atomic E-state index is 13.0. The largest absolute Gasteiger partial charge is 0.481 e. The number of benzene rings is 4. The number of halogens is 3. The van der Waals surface area contributed by atoms with Gasteiger partial charge in [0.2, 0.25) is 0 Å². The number of nitrogens with zero attached hydrogens (tertiary/aromatic N) is 1. The number of anilines is 1. The van der Waals surface area contributed by atoms with Crippen LogP contribution in [0.1, 0.15) is 36.1 Å². The van der Waals surface area contributed by atoms with Gasteiger partial charge in [0.25, 0.3) is 0 Å². The first kappa shape index (κ1) is 25.8. The molecule has 0 bridgehead atoms. The number of alkyl halides is 3. The van der Waals surface area contributed by atoms with Crippen molar-refractivity contribution in [1.82, 2.24) is 5.32 Å². The van der Waals surface area contributed by atoms with Crippen molar-refractivity contribution in [2.45, 2.75) is 38.0 Å². The molecule has 196 valence electrons. The van der Waals surface area contributed by atoms with Crippen molar-refractivity contribution in [2.24, 2.45) is 0 Å². The van der Waals surface area contributed by atoms with Gasteiger partial charge in [-0.3, -0.25) is 4.79 Å². The number of fused-ring (bicyclic) bond motifs is 1. The lowest BCUT2D eigenvalue weighted by atomic mass is 9.96. The summed E-state index contributed by atoms with van der Waals surface area (Å²) < 4.78 is 39.0. The van der Waals surface area contributed by atoms with Gasteiger partial charge >= 0.3 is 12.1 Å². The van der Waals surface area contributed by atoms with E-state index in [-0.39, 0.29) is 18.5 Å². The molecule has 0 aromatic heterocycles. The molecule has 7 heteroatoms. The molecule has 0 spiro atoms. The van der Waals surface area contributed by atoms with Crippen molar-refractivity contribution in [3.8, 4) is 11.1 Å². The van der Waals surface area contributed by atoms with Crippen LogP contribution in [0.4, 0.5) is 18.9 Å². The first-order valence-corrected chi connectivity index (χ1v) is 12.7. The van der Waals surface area contributed by atoms with Gasteiger partial charge in [0.05, 0.1) is 12.0 Å². The van der Waals surface area contributed by atoms with Crippen molar-refractivity contribution in [3.05, 3.63) is 102 Å². The summed E-state index contributed by atoms with van der Waals surface area (Å²) in [6, 6.07) is 25.6. The lowest BCUT2D eigenvalue weighted by Crippen LogP contribution is -2.34. The summed E-state index contributed by atoms with van der Waals surface area (Å²) in [4.78, 5) is 13.8. The third-order valence-corrected chi connectivity index (χ3v) is 7.28. The first-order valence-electron chi connectivity index (χ1n) is 12.7. The normalized spacial score (nSPS) is 16.6. The molecule has 0 aliphatic carbocycles. The molecule has 1 aliphatic heterocycles. The second-order valence-corrected chi connectivity index (χ2v) is 9.88. The highest BCUT2D eigenvalue weighted by atomic mass is 19.4. The fourth-order valence-corrected chi connectivity index (χ4v) is 5.41. The van der Waals surface area contributed by atoms with Crippen molar-refractivity contribution < 1.29 is 23.1 Å². The van der Waals surface area contributed by atoms with Crippen LogP contribution in [0.5, 0.6) is 0 Å². The van der Waals surface area contributed by atoms with E-state index in [1.807, 2.05) is 24.3 Å². The Balaban J connectivity index is 1.33. The van der Waals surface area contributed by atoms with Gasteiger partial charge in [-0.25, -0.2) is 0 Å². The zero-order chi connectivity index (χ0) is 26.9. The summed E-state index contributed by atoms with van der Waals surface area (Å²) in [7, 11) is 0. The third kappa shape index (κ3) is 5.53. The zero-order valence-electron chi connectivity index (χ0n) is 21.0. The molecule has 38 heavy (non-hydrogen) atoms. The van der Waals surface area contributed by atoms with Crippen LogP contribution in [0.15, 0.2) is 84.9 Å². The van der Waals surface area contributed by atoms with Crippen LogP contribution in [0, 0.1) is 0 Å². The number of nitrogens with one attached hydrogen (secondary N) is 1. The average molecular weight is 519 g/mol. The van der Waals surface area contributed by atoms with Gasteiger partial charge in [0, 0.05) is 30.9 Å². The van der Waals surface area contributed by atoms with Gasteiger partial charge in [0.15, 0.2) is 0 Å². The Morgan fingerprint density at radius 2 is 1.76 bits per heavy atom. The van der Waals surface area contributed by atoms with E-state index in [0.29, 0.717) is 16.7 Å². The number of aliphatic carboxylic acids is 1. The van der Waals surface area contributed by atoms with Crippen LogP contribution < -0.4 is 10.2 Å². The molecule has 5 rings (SSSR count). The molecule has 2 atom stereocenters. The van der Waals surface area contributed by atoms with Gasteiger partial charge in [-0.15, -0.1) is 0 Å². The Kier molecular flexibility index (Phi) is 7.13. The van der Waals surface area contributed by atoms with E-state index in [9.17, 15) is 23.1 Å². The van der Waals surface area contributed by atoms with Crippen molar-refractivity contribution in [2.75, 3.05) is 18.0 Å². The molecule has 2 N–H and O–H groups in total. The average Bonchev–Trinajstić information content (AvgIpc) is 3.36. The highest BCUT2D eigenvalue weighted by Crippen LogP contribution is 2.34. The van der Waals surface area contributed by atoms with Gasteiger partial charge in [-0.1, -0.05) is 60.7 Å². The summed E-state index contributed by atoms with van der Waals surface area (Å²) >= 11 is 0. The molecule has 0 amide bonds. The van der Waals surface area contributed by atoms with Gasteiger partial charge in [-0.05, 0) is 70.6 Å². The number of hydrogen-bond acceptors (Lipinski definition) is 3. The van der Waals surface area contributed by atoms with E-state index < -0.39 is 17.7 Å². The quantitative estimate of drug-likeness (QED) is 0.275. The molecule has 4 nitrogen and oxygen atoms in total. The topological polar surface area (TPSA) is 52.6 Å². The van der Waals surface area contributed by atoms with Crippen molar-refractivity contribution in [3.63, 3.8) is 0 Å². The van der Waals surface area contributed by atoms with Crippen molar-refractivity contribution >= 4 is 22.4 Å². The highest BCUT2D eigenvalue weighted by Gasteiger charge is 2.30. The Morgan fingerprint density at radius 1 is 1.03 bits per heavy atom. The predicted molar refractivity (Wildman–Crippen MR) is 144 cm³/mol. The minimum atomic E-state index is -4.42. The molecule has 4 aromatic carbocycles. The molecular weight excluding hydrogens is 489 g/mol. The molecule has 0 unspecified atom stereocenters. The van der Waals surface area contributed by atoms with Gasteiger partial charge in [0.1, 0.15) is 0 Å². The number of hydrogen-bond donors (Lipinski definition) is 2. The van der Waals surface area contributed by atoms with Gasteiger partial charge < -0.3 is 15.3 Å². The van der Waals surface area contributed by atoms with Crippen LogP contribution in [0.25, 0.3) is 21.9 Å². The maximum Gasteiger partial charge on any atom is 0.416 e. The predicted octanol–water partition coefficient (Wildman–Crippen LogP) is 7.08. The van der Waals surface area contributed by atoms with Crippen LogP contribution >= 0.6 is 0 Å². The minimum Gasteiger partial charge on any atom is -0.481 e. The maximum atomic E-state index is 13.0. The Hall–Kier alpha value is -3.84. The van der Waals surface area contributed by atoms with E-state index in [1.54, 1.807) is 0 Å². The fraction of sp³-hybridized carbons (Fsp3) is 0.258. The van der Waals surface area contributed by atoms with E-state index >= 15 is 0 Å². The molecule has 4 aromatic rings. The van der Waals surface area contributed by atoms with Crippen LogP contribution in [0.3, 0.4) is 0 Å². The second-order valence-electron chi connectivity index (χ2n) is 9.88. The number of carboxylic acids is 1. The molecule has 0 saturated carbocycles. The van der Waals surface area contributed by atoms with Crippen molar-refractivity contribution in [1.29, 1.82) is 0 Å². The summed E-state index contributed by atoms with van der Waals surface area (Å²) in [6.45, 7) is 3.78. The van der Waals surface area contributed by atoms with Crippen LogP contribution in [0.2, 0.25) is 0 Å². The summed E-state index contributed by atoms with van der Waals surface area (Å²) in [5, 5.41) is 15.7. The highest BCUT2D eigenvalue weighted by molar-refractivity contribution is 5.86. The lowest BCUT2D eigenvalue weighted by molar-refractivity contribution is -0.138. The zero-order valence-corrected chi connectivity index (χ0v) is 21.0. The molecular formula is C31H29F3N2O2. The van der Waals surface area contributed by atoms with Gasteiger partial charge in [-0.2, -0.15) is 13.2 Å².